The summed E-state index contributed by atoms with van der Waals surface area (Å²) in [6, 6.07) is 6.33. The van der Waals surface area contributed by atoms with E-state index >= 15 is 0 Å². The number of unbranched alkanes of at least 4 members (excludes halogenated alkanes) is 2. The van der Waals surface area contributed by atoms with Crippen molar-refractivity contribution in [1.82, 2.24) is 41.5 Å². The van der Waals surface area contributed by atoms with Crippen molar-refractivity contribution in [1.29, 1.82) is 0 Å². The van der Waals surface area contributed by atoms with Gasteiger partial charge in [0.2, 0.25) is 35.4 Å². The van der Waals surface area contributed by atoms with Crippen LogP contribution in [-0.2, 0) is 59.2 Å². The van der Waals surface area contributed by atoms with Crippen LogP contribution < -0.4 is 26.8 Å². The lowest BCUT2D eigenvalue weighted by atomic mass is 9.79. The number of methoxy groups -OCH3 is 2. The molecule has 0 bridgehead atoms. The maximum absolute atomic E-state index is 14.3. The molecule has 0 radical (unpaired) electrons. The largest absolute Gasteiger partial charge is 0.391 e. The molecule has 1 fully saturated rings. The van der Waals surface area contributed by atoms with Gasteiger partial charge in [-0.3, -0.25) is 63.8 Å². The maximum Gasteiger partial charge on any atom is 0.253 e. The molecule has 2 aliphatic rings. The minimum absolute atomic E-state index is 0.0825. The van der Waals surface area contributed by atoms with E-state index in [1.165, 1.54) is 26.2 Å². The molecule has 20 heteroatoms. The maximum atomic E-state index is 14.3. The number of nitrogens with zero attached hydrogens (tertiary/aromatic N) is 3. The number of hydrazine groups is 1. The zero-order valence-corrected chi connectivity index (χ0v) is 48.6. The van der Waals surface area contributed by atoms with Crippen molar-refractivity contribution >= 4 is 53.0 Å². The number of carbonyl (C=O) groups is 9. The molecule has 0 spiro atoms. The number of ketones is 1. The molecule has 1 aromatic rings. The predicted octanol–water partition coefficient (Wildman–Crippen LogP) is 4.37. The summed E-state index contributed by atoms with van der Waals surface area (Å²) in [5.41, 5.74) is 5.74. The molecule has 2 heterocycles. The van der Waals surface area contributed by atoms with Crippen molar-refractivity contribution < 1.29 is 57.7 Å². The zero-order chi connectivity index (χ0) is 58.2. The molecule has 20 nitrogen and oxygen atoms in total. The molecule has 1 saturated heterocycles. The zero-order valence-electron chi connectivity index (χ0n) is 48.6. The fraction of sp³-hybridized carbons (Fsp3) is 0.707. The second kappa shape index (κ2) is 33.8. The van der Waals surface area contributed by atoms with Gasteiger partial charge in [0.15, 0.2) is 5.78 Å². The second-order valence-corrected chi connectivity index (χ2v) is 22.2. The highest BCUT2D eigenvalue weighted by Crippen LogP contribution is 2.33. The first-order chi connectivity index (χ1) is 37.0. The molecule has 3 rings (SSSR count). The quantitative estimate of drug-likeness (QED) is 0.0314. The first-order valence-corrected chi connectivity index (χ1v) is 28.3. The number of hydrogen-bond donors (Lipinski definition) is 6. The van der Waals surface area contributed by atoms with Gasteiger partial charge in [0.1, 0.15) is 6.04 Å². The predicted molar refractivity (Wildman–Crippen MR) is 296 cm³/mol. The number of likely N-dealkylation sites (N-methyl/N-ethyl adjacent to an activating group) is 1. The van der Waals surface area contributed by atoms with E-state index in [-0.39, 0.29) is 90.7 Å². The van der Waals surface area contributed by atoms with Gasteiger partial charge in [0.05, 0.1) is 48.8 Å². The molecule has 2 aliphatic heterocycles. The van der Waals surface area contributed by atoms with Crippen LogP contribution in [0.2, 0.25) is 0 Å². The molecule has 11 atom stereocenters. The molecule has 8 amide bonds. The Morgan fingerprint density at radius 1 is 0.756 bits per heavy atom. The minimum atomic E-state index is -1.21. The number of aliphatic hydroxyl groups is 1. The summed E-state index contributed by atoms with van der Waals surface area (Å²) in [4.78, 5) is 123. The van der Waals surface area contributed by atoms with Gasteiger partial charge in [0.25, 0.3) is 11.8 Å². The van der Waals surface area contributed by atoms with Crippen LogP contribution in [0.15, 0.2) is 42.5 Å². The van der Waals surface area contributed by atoms with Crippen molar-refractivity contribution in [2.24, 2.45) is 35.5 Å². The Hall–Kier alpha value is -5.57. The first-order valence-electron chi connectivity index (χ1n) is 28.3. The van der Waals surface area contributed by atoms with E-state index in [4.69, 9.17) is 9.47 Å². The van der Waals surface area contributed by atoms with Crippen LogP contribution in [0.5, 0.6) is 0 Å². The summed E-state index contributed by atoms with van der Waals surface area (Å²) in [5, 5.41) is 19.1. The minimum Gasteiger partial charge on any atom is -0.391 e. The van der Waals surface area contributed by atoms with Crippen LogP contribution >= 0.6 is 0 Å². The number of nitrogens with one attached hydrogen (secondary N) is 5. The van der Waals surface area contributed by atoms with Crippen molar-refractivity contribution in [3.05, 3.63) is 48.0 Å². The van der Waals surface area contributed by atoms with Crippen LogP contribution in [0.25, 0.3) is 0 Å². The SMILES string of the molecule is CC[C@H](C)[C@H](CCC(C)C(=O)[C@@H](NC(=O)[C@H](C(C)C)N(C)CCCC(=O)NNC(=O)CCCCCN1C(=O)C=CC1=O)C(C)C)[C@@H](CC(=O)N1CCC[C@H]1[C@H](OC)[C@@H](C)C(=O)N[C@H](C(=O)NCc1ccccc1)[C@@H](C)O)OC. The molecular formula is C58H94N8O12. The van der Waals surface area contributed by atoms with E-state index in [0.29, 0.717) is 71.0 Å². The van der Waals surface area contributed by atoms with Crippen LogP contribution in [0, 0.1) is 35.5 Å². The van der Waals surface area contributed by atoms with Crippen molar-refractivity contribution in [3.63, 3.8) is 0 Å². The summed E-state index contributed by atoms with van der Waals surface area (Å²) >= 11 is 0. The van der Waals surface area contributed by atoms with Gasteiger partial charge in [0, 0.05) is 64.8 Å². The Balaban J connectivity index is 1.55. The highest BCUT2D eigenvalue weighted by molar-refractivity contribution is 6.12. The molecule has 1 unspecified atom stereocenters. The third-order valence-corrected chi connectivity index (χ3v) is 15.6. The monoisotopic (exact) mass is 1090 g/mol. The number of Topliss-reactive ketones (excluding diaryl/α,β-unsaturated/α-hetero) is 1. The number of imide groups is 1. The third-order valence-electron chi connectivity index (χ3n) is 15.6. The van der Waals surface area contributed by atoms with E-state index in [1.807, 2.05) is 76.9 Å². The molecule has 6 N–H and O–H groups in total. The molecule has 0 saturated carbocycles. The number of hydrogen-bond acceptors (Lipinski definition) is 13. The van der Waals surface area contributed by atoms with Gasteiger partial charge in [-0.2, -0.15) is 0 Å². The number of amides is 8. The van der Waals surface area contributed by atoms with Gasteiger partial charge in [-0.05, 0) is 94.7 Å². The highest BCUT2D eigenvalue weighted by Gasteiger charge is 2.42. The fourth-order valence-corrected chi connectivity index (χ4v) is 10.7. The van der Waals surface area contributed by atoms with Gasteiger partial charge < -0.3 is 35.4 Å². The molecule has 0 aliphatic carbocycles. The molecule has 78 heavy (non-hydrogen) atoms. The number of aliphatic hydroxyl groups excluding tert-OH is 1. The van der Waals surface area contributed by atoms with Crippen LogP contribution in [0.3, 0.4) is 0 Å². The topological polar surface area (TPSA) is 262 Å². The summed E-state index contributed by atoms with van der Waals surface area (Å²) < 4.78 is 12.0. The number of rotatable bonds is 35. The molecule has 438 valence electrons. The summed E-state index contributed by atoms with van der Waals surface area (Å²) in [6.45, 7) is 18.3. The van der Waals surface area contributed by atoms with E-state index in [0.717, 1.165) is 16.9 Å². The average molecular weight is 1100 g/mol. The third kappa shape index (κ3) is 20.6. The second-order valence-electron chi connectivity index (χ2n) is 22.2. The Labute approximate surface area is 463 Å². The van der Waals surface area contributed by atoms with E-state index in [2.05, 4.69) is 40.6 Å². The smallest absolute Gasteiger partial charge is 0.253 e. The molecule has 1 aromatic carbocycles. The molecular weight excluding hydrogens is 1000 g/mol. The van der Waals surface area contributed by atoms with E-state index < -0.39 is 66.1 Å². The fourth-order valence-electron chi connectivity index (χ4n) is 10.7. The number of carbonyl (C=O) groups excluding carboxylic acids is 9. The van der Waals surface area contributed by atoms with Gasteiger partial charge >= 0.3 is 0 Å². The van der Waals surface area contributed by atoms with Crippen LogP contribution in [-0.4, -0.2) is 156 Å². The summed E-state index contributed by atoms with van der Waals surface area (Å²) in [5.74, 6) is -4.40. The lowest BCUT2D eigenvalue weighted by Gasteiger charge is -2.36. The van der Waals surface area contributed by atoms with E-state index in [1.54, 1.807) is 18.9 Å². The van der Waals surface area contributed by atoms with E-state index in [9.17, 15) is 48.3 Å². The first kappa shape index (κ1) is 66.7. The Morgan fingerprint density at radius 2 is 1.37 bits per heavy atom. The number of likely N-dealkylation sites (tertiary alicyclic amines) is 1. The average Bonchev–Trinajstić information content (AvgIpc) is 4.03. The van der Waals surface area contributed by atoms with Gasteiger partial charge in [-0.15, -0.1) is 0 Å². The van der Waals surface area contributed by atoms with Crippen molar-refractivity contribution in [2.45, 2.75) is 188 Å². The normalized spacial score (nSPS) is 18.4. The van der Waals surface area contributed by atoms with Crippen LogP contribution in [0.4, 0.5) is 0 Å². The summed E-state index contributed by atoms with van der Waals surface area (Å²) in [6.07, 6.45) is 5.82. The lowest BCUT2D eigenvalue weighted by Crippen LogP contribution is -2.56. The Kier molecular flexibility index (Phi) is 28.9. The van der Waals surface area contributed by atoms with Gasteiger partial charge in [-0.1, -0.05) is 98.6 Å². The Bertz CT molecular complexity index is 2140. The van der Waals surface area contributed by atoms with Crippen molar-refractivity contribution in [2.75, 3.05) is 40.9 Å². The number of benzene rings is 1. The standard InChI is InChI=1S/C58H94N8O12/c1-13-38(6)43(45(77-11)34-50(72)65-33-20-24-44(65)55(78-12)40(8)56(74)61-52(41(9)67)57(75)59-35-42-22-16-14-17-23-42)28-27-39(7)54(73)51(36(2)3)60-58(76)53(37(4)5)64(10)31-21-26-47(69)63-62-46(68)25-18-15-19-32-66-48(70)29-30-49(66)71/h14,16-17,22-23,29-30,36-41,43-45,51-53,55,67H,13,15,18-21,24-28,31-35H2,1-12H3,(H,59,75)(H,60,76)(H,61,74)(H,62,68)(H,63,69)/t38-,39?,40+,41+,43-,44-,45+,51-,52-,53-,55+/m0/s1. The van der Waals surface area contributed by atoms with Crippen molar-refractivity contribution in [3.8, 4) is 0 Å². The lowest BCUT2D eigenvalue weighted by molar-refractivity contribution is -0.143. The summed E-state index contributed by atoms with van der Waals surface area (Å²) in [7, 11) is 4.91. The Morgan fingerprint density at radius 3 is 1.94 bits per heavy atom. The van der Waals surface area contributed by atoms with Gasteiger partial charge in [-0.25, -0.2) is 0 Å². The van der Waals surface area contributed by atoms with Crippen LogP contribution in [0.1, 0.15) is 145 Å². The highest BCUT2D eigenvalue weighted by atomic mass is 16.5. The number of ether oxygens (including phenoxy) is 2. The molecule has 0 aromatic heterocycles.